The van der Waals surface area contributed by atoms with Gasteiger partial charge in [0.25, 0.3) is 11.8 Å². The maximum Gasteiger partial charge on any atom is 0.273 e. The van der Waals surface area contributed by atoms with Gasteiger partial charge in [-0.1, -0.05) is 11.6 Å². The standard InChI is InChI=1S/C19H18ClF2N3O3/c1-28-16-5-4-12(20)8-14(16)19(27)24-23-17(26)10-25-6-2-3-11-7-13(21)9-15(22)18(11)25/h4-5,7-9H,2-3,6,10H2,1H3,(H,23,26)(H,24,27). The Morgan fingerprint density at radius 1 is 1.21 bits per heavy atom. The first kappa shape index (κ1) is 19.9. The van der Waals surface area contributed by atoms with Gasteiger partial charge in [0.05, 0.1) is 24.9 Å². The van der Waals surface area contributed by atoms with Crippen LogP contribution in [0.1, 0.15) is 22.3 Å². The number of halogens is 3. The van der Waals surface area contributed by atoms with Crippen molar-refractivity contribution >= 4 is 29.1 Å². The van der Waals surface area contributed by atoms with Crippen LogP contribution in [-0.4, -0.2) is 32.0 Å². The fourth-order valence-electron chi connectivity index (χ4n) is 3.16. The van der Waals surface area contributed by atoms with E-state index in [1.165, 1.54) is 30.2 Å². The van der Waals surface area contributed by atoms with E-state index in [4.69, 9.17) is 16.3 Å². The second-order valence-corrected chi connectivity index (χ2v) is 6.70. The van der Waals surface area contributed by atoms with Gasteiger partial charge in [-0.15, -0.1) is 0 Å². The molecule has 0 radical (unpaired) electrons. The molecular formula is C19H18ClF2N3O3. The second kappa shape index (κ2) is 8.43. The Morgan fingerprint density at radius 2 is 2.00 bits per heavy atom. The van der Waals surface area contributed by atoms with Crippen molar-refractivity contribution in [1.29, 1.82) is 0 Å². The van der Waals surface area contributed by atoms with Gasteiger partial charge >= 0.3 is 0 Å². The molecule has 1 heterocycles. The first-order chi connectivity index (χ1) is 13.4. The van der Waals surface area contributed by atoms with Gasteiger partial charge in [-0.25, -0.2) is 8.78 Å². The second-order valence-electron chi connectivity index (χ2n) is 6.27. The van der Waals surface area contributed by atoms with Crippen LogP contribution in [0, 0.1) is 11.6 Å². The lowest BCUT2D eigenvalue weighted by molar-refractivity contribution is -0.120. The number of hydrogen-bond donors (Lipinski definition) is 2. The average Bonchev–Trinajstić information content (AvgIpc) is 2.65. The number of nitrogens with one attached hydrogen (secondary N) is 2. The number of hydrogen-bond acceptors (Lipinski definition) is 4. The molecule has 2 amide bonds. The summed E-state index contributed by atoms with van der Waals surface area (Å²) in [5, 5.41) is 0.338. The van der Waals surface area contributed by atoms with E-state index in [1.54, 1.807) is 6.07 Å². The Balaban J connectivity index is 1.65. The van der Waals surface area contributed by atoms with Gasteiger partial charge in [-0.3, -0.25) is 20.4 Å². The predicted molar refractivity (Wildman–Crippen MR) is 101 cm³/mol. The number of methoxy groups -OCH3 is 1. The molecule has 2 aromatic carbocycles. The quantitative estimate of drug-likeness (QED) is 0.762. The first-order valence-electron chi connectivity index (χ1n) is 8.54. The minimum Gasteiger partial charge on any atom is -0.496 e. The van der Waals surface area contributed by atoms with Gasteiger partial charge in [-0.05, 0) is 42.7 Å². The molecule has 1 aliphatic heterocycles. The van der Waals surface area contributed by atoms with Crippen LogP contribution in [0.2, 0.25) is 5.02 Å². The summed E-state index contributed by atoms with van der Waals surface area (Å²) in [6.07, 6.45) is 1.20. The zero-order valence-corrected chi connectivity index (χ0v) is 15.8. The Hall–Kier alpha value is -2.87. The van der Waals surface area contributed by atoms with Crippen LogP contribution in [0.3, 0.4) is 0 Å². The molecule has 0 fully saturated rings. The summed E-state index contributed by atoms with van der Waals surface area (Å²) < 4.78 is 32.7. The number of hydrazine groups is 1. The Morgan fingerprint density at radius 3 is 2.75 bits per heavy atom. The van der Waals surface area contributed by atoms with E-state index in [2.05, 4.69) is 10.9 Å². The molecule has 0 spiro atoms. The number of anilines is 1. The van der Waals surface area contributed by atoms with E-state index in [-0.39, 0.29) is 17.8 Å². The summed E-state index contributed by atoms with van der Waals surface area (Å²) in [5.74, 6) is -2.23. The first-order valence-corrected chi connectivity index (χ1v) is 8.92. The monoisotopic (exact) mass is 409 g/mol. The van der Waals surface area contributed by atoms with E-state index in [0.29, 0.717) is 35.7 Å². The van der Waals surface area contributed by atoms with Crippen molar-refractivity contribution in [3.8, 4) is 5.75 Å². The average molecular weight is 410 g/mol. The third-order valence-electron chi connectivity index (χ3n) is 4.35. The molecular weight excluding hydrogens is 392 g/mol. The lowest BCUT2D eigenvalue weighted by Crippen LogP contribution is -2.47. The zero-order chi connectivity index (χ0) is 20.3. The SMILES string of the molecule is COc1ccc(Cl)cc1C(=O)NNC(=O)CN1CCCc2cc(F)cc(F)c21. The summed E-state index contributed by atoms with van der Waals surface area (Å²) in [6, 6.07) is 6.58. The topological polar surface area (TPSA) is 70.7 Å². The number of carbonyl (C=O) groups is 2. The highest BCUT2D eigenvalue weighted by molar-refractivity contribution is 6.31. The molecule has 0 aromatic heterocycles. The molecule has 28 heavy (non-hydrogen) atoms. The molecule has 6 nitrogen and oxygen atoms in total. The number of ether oxygens (including phenoxy) is 1. The molecule has 0 bridgehead atoms. The third kappa shape index (κ3) is 4.33. The Kier molecular flexibility index (Phi) is 5.99. The van der Waals surface area contributed by atoms with E-state index < -0.39 is 23.4 Å². The highest BCUT2D eigenvalue weighted by Gasteiger charge is 2.24. The van der Waals surface area contributed by atoms with Crippen molar-refractivity contribution in [3.63, 3.8) is 0 Å². The highest BCUT2D eigenvalue weighted by Crippen LogP contribution is 2.30. The van der Waals surface area contributed by atoms with Gasteiger partial charge < -0.3 is 9.64 Å². The molecule has 0 aliphatic carbocycles. The smallest absolute Gasteiger partial charge is 0.273 e. The molecule has 2 N–H and O–H groups in total. The number of rotatable bonds is 4. The molecule has 9 heteroatoms. The molecule has 3 rings (SSSR count). The van der Waals surface area contributed by atoms with Crippen molar-refractivity contribution in [3.05, 3.63) is 58.1 Å². The Bertz CT molecular complexity index is 924. The molecule has 1 aliphatic rings. The Labute approximate surface area is 165 Å². The van der Waals surface area contributed by atoms with Crippen LogP contribution in [0.5, 0.6) is 5.75 Å². The maximum atomic E-state index is 14.2. The van der Waals surface area contributed by atoms with Crippen LogP contribution in [0.4, 0.5) is 14.5 Å². The van der Waals surface area contributed by atoms with Crippen molar-refractivity contribution in [2.75, 3.05) is 25.1 Å². The lowest BCUT2D eigenvalue weighted by atomic mass is 10.0. The van der Waals surface area contributed by atoms with E-state index in [0.717, 1.165) is 6.07 Å². The molecule has 0 saturated heterocycles. The number of amides is 2. The van der Waals surface area contributed by atoms with Crippen molar-refractivity contribution in [2.45, 2.75) is 12.8 Å². The fourth-order valence-corrected chi connectivity index (χ4v) is 3.33. The van der Waals surface area contributed by atoms with E-state index >= 15 is 0 Å². The predicted octanol–water partition coefficient (Wildman–Crippen LogP) is 2.84. The van der Waals surface area contributed by atoms with Crippen molar-refractivity contribution < 1.29 is 23.1 Å². The maximum absolute atomic E-state index is 14.2. The van der Waals surface area contributed by atoms with E-state index in [9.17, 15) is 18.4 Å². The number of carbonyl (C=O) groups excluding carboxylic acids is 2. The fraction of sp³-hybridized carbons (Fsp3) is 0.263. The molecule has 0 unspecified atom stereocenters. The van der Waals surface area contributed by atoms with Crippen LogP contribution in [0.15, 0.2) is 30.3 Å². The summed E-state index contributed by atoms with van der Waals surface area (Å²) in [5.41, 5.74) is 5.45. The minimum atomic E-state index is -0.713. The number of aryl methyl sites for hydroxylation is 1. The normalized spacial score (nSPS) is 12.9. The summed E-state index contributed by atoms with van der Waals surface area (Å²) in [7, 11) is 1.41. The van der Waals surface area contributed by atoms with Gasteiger partial charge in [0.2, 0.25) is 0 Å². The van der Waals surface area contributed by atoms with Gasteiger partial charge in [0.15, 0.2) is 0 Å². The number of fused-ring (bicyclic) bond motifs is 1. The molecule has 148 valence electrons. The van der Waals surface area contributed by atoms with Crippen LogP contribution in [-0.2, 0) is 11.2 Å². The van der Waals surface area contributed by atoms with Gasteiger partial charge in [0.1, 0.15) is 17.4 Å². The summed E-state index contributed by atoms with van der Waals surface area (Å²) in [6.45, 7) is 0.252. The summed E-state index contributed by atoms with van der Waals surface area (Å²) in [4.78, 5) is 26.0. The van der Waals surface area contributed by atoms with Crippen molar-refractivity contribution in [1.82, 2.24) is 10.9 Å². The molecule has 0 atom stereocenters. The third-order valence-corrected chi connectivity index (χ3v) is 4.59. The number of benzene rings is 2. The van der Waals surface area contributed by atoms with Crippen LogP contribution >= 0.6 is 11.6 Å². The highest BCUT2D eigenvalue weighted by atomic mass is 35.5. The number of nitrogens with zero attached hydrogens (tertiary/aromatic N) is 1. The largest absolute Gasteiger partial charge is 0.496 e. The molecule has 2 aromatic rings. The van der Waals surface area contributed by atoms with Gasteiger partial charge in [0, 0.05) is 17.6 Å². The minimum absolute atomic E-state index is 0.153. The zero-order valence-electron chi connectivity index (χ0n) is 15.0. The summed E-state index contributed by atoms with van der Waals surface area (Å²) >= 11 is 5.89. The molecule has 0 saturated carbocycles. The van der Waals surface area contributed by atoms with E-state index in [1.807, 2.05) is 0 Å². The van der Waals surface area contributed by atoms with Crippen molar-refractivity contribution in [2.24, 2.45) is 0 Å². The lowest BCUT2D eigenvalue weighted by Gasteiger charge is -2.31. The van der Waals surface area contributed by atoms with Gasteiger partial charge in [-0.2, -0.15) is 0 Å². The van der Waals surface area contributed by atoms with Crippen LogP contribution in [0.25, 0.3) is 0 Å². The van der Waals surface area contributed by atoms with Crippen LogP contribution < -0.4 is 20.5 Å².